The fraction of sp³-hybridized carbons (Fsp3) is 0.529. The number of benzene rings is 1. The normalized spacial score (nSPS) is 27.3. The molecule has 1 aromatic carbocycles. The number of fused-ring (bicyclic) bond motifs is 1. The van der Waals surface area contributed by atoms with Gasteiger partial charge in [-0.3, -0.25) is 9.59 Å². The Kier molecular flexibility index (Phi) is 4.01. The van der Waals surface area contributed by atoms with Gasteiger partial charge in [-0.2, -0.15) is 0 Å². The Hall–Kier alpha value is -2.12. The molecule has 1 aliphatic carbocycles. The van der Waals surface area contributed by atoms with E-state index >= 15 is 0 Å². The van der Waals surface area contributed by atoms with E-state index in [0.717, 1.165) is 0 Å². The molecule has 1 saturated carbocycles. The first-order valence-corrected chi connectivity index (χ1v) is 8.06. The van der Waals surface area contributed by atoms with Crippen LogP contribution in [0.5, 0.6) is 5.75 Å². The van der Waals surface area contributed by atoms with E-state index < -0.39 is 11.0 Å². The topological polar surface area (TPSA) is 103 Å². The number of hydrogen-bond acceptors (Lipinski definition) is 5. The standard InChI is InChI=1S/C17H23N3O4/c1-4-23-13-8-17(18,16(13,2)3)15(22)19-10-5-6-11-12(7-10)24-9-14(21)20-11/h5-7,13H,4,8-9,18H2,1-3H3,(H,19,22)(H,20,21). The van der Waals surface area contributed by atoms with Gasteiger partial charge in [0.1, 0.15) is 11.3 Å². The molecule has 1 aliphatic heterocycles. The Labute approximate surface area is 140 Å². The predicted octanol–water partition coefficient (Wildman–Crippen LogP) is 1.49. The first-order valence-electron chi connectivity index (χ1n) is 8.06. The van der Waals surface area contributed by atoms with Crippen LogP contribution in [0.3, 0.4) is 0 Å². The van der Waals surface area contributed by atoms with Gasteiger partial charge in [-0.1, -0.05) is 13.8 Å². The van der Waals surface area contributed by atoms with Crippen molar-refractivity contribution in [2.45, 2.75) is 38.8 Å². The number of amides is 2. The van der Waals surface area contributed by atoms with Crippen LogP contribution in [0.25, 0.3) is 0 Å². The molecule has 1 aromatic rings. The summed E-state index contributed by atoms with van der Waals surface area (Å²) in [7, 11) is 0. The second-order valence-electron chi connectivity index (χ2n) is 6.84. The summed E-state index contributed by atoms with van der Waals surface area (Å²) >= 11 is 0. The number of hydrogen-bond donors (Lipinski definition) is 3. The Balaban J connectivity index is 1.73. The molecular weight excluding hydrogens is 310 g/mol. The molecule has 4 N–H and O–H groups in total. The molecule has 2 amide bonds. The maximum Gasteiger partial charge on any atom is 0.262 e. The quantitative estimate of drug-likeness (QED) is 0.775. The van der Waals surface area contributed by atoms with Gasteiger partial charge in [0.15, 0.2) is 6.61 Å². The fourth-order valence-electron chi connectivity index (χ4n) is 3.22. The molecule has 24 heavy (non-hydrogen) atoms. The van der Waals surface area contributed by atoms with Gasteiger partial charge < -0.3 is 25.8 Å². The van der Waals surface area contributed by atoms with Gasteiger partial charge in [0.05, 0.1) is 11.8 Å². The third-order valence-electron chi connectivity index (χ3n) is 5.11. The second-order valence-corrected chi connectivity index (χ2v) is 6.84. The second kappa shape index (κ2) is 5.75. The zero-order chi connectivity index (χ0) is 17.5. The van der Waals surface area contributed by atoms with Crippen molar-refractivity contribution in [3.8, 4) is 5.75 Å². The van der Waals surface area contributed by atoms with E-state index in [9.17, 15) is 9.59 Å². The molecule has 0 radical (unpaired) electrons. The van der Waals surface area contributed by atoms with Crippen molar-refractivity contribution in [1.29, 1.82) is 0 Å². The van der Waals surface area contributed by atoms with E-state index in [4.69, 9.17) is 15.2 Å². The Morgan fingerprint density at radius 3 is 2.92 bits per heavy atom. The molecule has 0 bridgehead atoms. The lowest BCUT2D eigenvalue weighted by molar-refractivity contribution is -0.166. The minimum Gasteiger partial charge on any atom is -0.482 e. The van der Waals surface area contributed by atoms with E-state index in [1.165, 1.54) is 0 Å². The fourth-order valence-corrected chi connectivity index (χ4v) is 3.22. The van der Waals surface area contributed by atoms with E-state index in [1.807, 2.05) is 20.8 Å². The number of ether oxygens (including phenoxy) is 2. The number of anilines is 2. The predicted molar refractivity (Wildman–Crippen MR) is 89.9 cm³/mol. The number of carbonyl (C=O) groups is 2. The summed E-state index contributed by atoms with van der Waals surface area (Å²) in [6.07, 6.45) is 0.456. The molecular formula is C17H23N3O4. The molecule has 7 heteroatoms. The van der Waals surface area contributed by atoms with Gasteiger partial charge >= 0.3 is 0 Å². The minimum absolute atomic E-state index is 0.0275. The van der Waals surface area contributed by atoms with Gasteiger partial charge in [0.2, 0.25) is 5.91 Å². The summed E-state index contributed by atoms with van der Waals surface area (Å²) in [5, 5.41) is 5.56. The van der Waals surface area contributed by atoms with Crippen LogP contribution in [0.2, 0.25) is 0 Å². The van der Waals surface area contributed by atoms with E-state index in [2.05, 4.69) is 10.6 Å². The summed E-state index contributed by atoms with van der Waals surface area (Å²) < 4.78 is 11.0. The lowest BCUT2D eigenvalue weighted by Gasteiger charge is -2.57. The van der Waals surface area contributed by atoms with Crippen LogP contribution in [0.4, 0.5) is 11.4 Å². The summed E-state index contributed by atoms with van der Waals surface area (Å²) in [5.41, 5.74) is 6.10. The SMILES string of the molecule is CCOC1CC(N)(C(=O)Nc2ccc3c(c2)OCC(=O)N3)C1(C)C. The monoisotopic (exact) mass is 333 g/mol. The Bertz CT molecular complexity index is 688. The van der Waals surface area contributed by atoms with Crippen molar-refractivity contribution in [3.63, 3.8) is 0 Å². The van der Waals surface area contributed by atoms with Gasteiger partial charge in [0.25, 0.3) is 5.91 Å². The highest BCUT2D eigenvalue weighted by Gasteiger charge is 2.62. The molecule has 2 unspecified atom stereocenters. The van der Waals surface area contributed by atoms with Crippen LogP contribution >= 0.6 is 0 Å². The van der Waals surface area contributed by atoms with Gasteiger partial charge in [-0.15, -0.1) is 0 Å². The summed E-state index contributed by atoms with van der Waals surface area (Å²) in [6, 6.07) is 5.09. The highest BCUT2D eigenvalue weighted by atomic mass is 16.5. The first-order chi connectivity index (χ1) is 11.3. The van der Waals surface area contributed by atoms with Gasteiger partial charge in [-0.25, -0.2) is 0 Å². The third-order valence-corrected chi connectivity index (χ3v) is 5.11. The van der Waals surface area contributed by atoms with Gasteiger partial charge in [-0.05, 0) is 19.1 Å². The molecule has 2 aliphatic rings. The maximum absolute atomic E-state index is 12.7. The number of carbonyl (C=O) groups excluding carboxylic acids is 2. The zero-order valence-corrected chi connectivity index (χ0v) is 14.1. The van der Waals surface area contributed by atoms with Crippen molar-refractivity contribution in [3.05, 3.63) is 18.2 Å². The number of rotatable bonds is 4. The molecule has 130 valence electrons. The van der Waals surface area contributed by atoms with Crippen LogP contribution in [0, 0.1) is 5.41 Å². The Morgan fingerprint density at radius 2 is 2.25 bits per heavy atom. The molecule has 0 saturated heterocycles. The third kappa shape index (κ3) is 2.53. The van der Waals surface area contributed by atoms with Crippen molar-refractivity contribution in [2.24, 2.45) is 11.1 Å². The molecule has 0 spiro atoms. The van der Waals surface area contributed by atoms with E-state index in [1.54, 1.807) is 18.2 Å². The summed E-state index contributed by atoms with van der Waals surface area (Å²) in [5.74, 6) is 0.0835. The smallest absolute Gasteiger partial charge is 0.262 e. The maximum atomic E-state index is 12.7. The average molecular weight is 333 g/mol. The highest BCUT2D eigenvalue weighted by molar-refractivity contribution is 6.01. The van der Waals surface area contributed by atoms with Crippen LogP contribution < -0.4 is 21.1 Å². The molecule has 1 fully saturated rings. The van der Waals surface area contributed by atoms with Crippen molar-refractivity contribution in [2.75, 3.05) is 23.8 Å². The largest absolute Gasteiger partial charge is 0.482 e. The van der Waals surface area contributed by atoms with Crippen LogP contribution in [0.1, 0.15) is 27.2 Å². The van der Waals surface area contributed by atoms with Crippen molar-refractivity contribution >= 4 is 23.2 Å². The van der Waals surface area contributed by atoms with Crippen LogP contribution in [-0.2, 0) is 14.3 Å². The molecule has 7 nitrogen and oxygen atoms in total. The average Bonchev–Trinajstić information content (AvgIpc) is 2.54. The van der Waals surface area contributed by atoms with Crippen molar-refractivity contribution in [1.82, 2.24) is 0 Å². The minimum atomic E-state index is -0.988. The van der Waals surface area contributed by atoms with Crippen LogP contribution in [0.15, 0.2) is 18.2 Å². The van der Waals surface area contributed by atoms with Crippen molar-refractivity contribution < 1.29 is 19.1 Å². The molecule has 3 rings (SSSR count). The molecule has 0 aromatic heterocycles. The molecule has 1 heterocycles. The molecule has 2 atom stereocenters. The highest BCUT2D eigenvalue weighted by Crippen LogP contribution is 2.50. The Morgan fingerprint density at radius 1 is 1.50 bits per heavy atom. The number of nitrogens with one attached hydrogen (secondary N) is 2. The zero-order valence-electron chi connectivity index (χ0n) is 14.1. The summed E-state index contributed by atoms with van der Waals surface area (Å²) in [6.45, 7) is 6.39. The lowest BCUT2D eigenvalue weighted by atomic mass is 9.54. The summed E-state index contributed by atoms with van der Waals surface area (Å²) in [4.78, 5) is 24.0. The van der Waals surface area contributed by atoms with Crippen LogP contribution in [-0.4, -0.2) is 36.7 Å². The number of nitrogens with two attached hydrogens (primary N) is 1. The van der Waals surface area contributed by atoms with E-state index in [-0.39, 0.29) is 24.5 Å². The lowest BCUT2D eigenvalue weighted by Crippen LogP contribution is -2.74. The van der Waals surface area contributed by atoms with Gasteiger partial charge in [0, 0.05) is 30.2 Å². The first kappa shape index (κ1) is 16.7. The van der Waals surface area contributed by atoms with E-state index in [0.29, 0.717) is 30.2 Å².